The van der Waals surface area contributed by atoms with Gasteiger partial charge in [-0.15, -0.1) is 22.7 Å². The molecule has 24 heavy (non-hydrogen) atoms. The predicted molar refractivity (Wildman–Crippen MR) is 89.0 cm³/mol. The summed E-state index contributed by atoms with van der Waals surface area (Å²) in [7, 11) is 0. The summed E-state index contributed by atoms with van der Waals surface area (Å²) in [6, 6.07) is 0. The average Bonchev–Trinajstić information content (AvgIpc) is 3.29. The summed E-state index contributed by atoms with van der Waals surface area (Å²) >= 11 is 2.98. The Bertz CT molecular complexity index is 1440. The number of aromatic nitrogens is 8. The number of hydrogen-bond donors (Lipinski definition) is 2. The van der Waals surface area contributed by atoms with Crippen molar-refractivity contribution < 1.29 is 0 Å². The minimum Gasteiger partial charge on any atom is -0.266 e. The zero-order valence-corrected chi connectivity index (χ0v) is 13.1. The predicted octanol–water partition coefficient (Wildman–Crippen LogP) is 0.731. The SMILES string of the molecule is O=c1cnc2c3sc4sc5c(n[nH]n6c(=O)cnc56)c4c3n[nH]n12. The van der Waals surface area contributed by atoms with Crippen LogP contribution < -0.4 is 11.1 Å². The van der Waals surface area contributed by atoms with Crippen LogP contribution in [0.1, 0.15) is 0 Å². The van der Waals surface area contributed by atoms with Crippen LogP contribution in [-0.2, 0) is 0 Å². The number of nitrogens with one attached hydrogen (secondary N) is 2. The van der Waals surface area contributed by atoms with Crippen molar-refractivity contribution in [3.63, 3.8) is 0 Å². The zero-order valence-electron chi connectivity index (χ0n) is 11.5. The van der Waals surface area contributed by atoms with Crippen molar-refractivity contribution in [2.24, 2.45) is 0 Å². The van der Waals surface area contributed by atoms with E-state index in [2.05, 4.69) is 30.6 Å². The Balaban J connectivity index is 1.89. The molecule has 0 aromatic carbocycles. The topological polar surface area (TPSA) is 126 Å². The molecule has 0 atom stereocenters. The molecule has 2 N–H and O–H groups in total. The molecule has 6 rings (SSSR count). The van der Waals surface area contributed by atoms with Gasteiger partial charge in [-0.1, -0.05) is 0 Å². The van der Waals surface area contributed by atoms with Gasteiger partial charge in [-0.3, -0.25) is 9.59 Å². The van der Waals surface area contributed by atoms with Crippen molar-refractivity contribution in [1.82, 2.24) is 39.6 Å². The molecule has 0 saturated heterocycles. The molecule has 0 spiro atoms. The molecule has 0 aliphatic heterocycles. The number of nitrogens with zero attached hydrogens (tertiary/aromatic N) is 6. The van der Waals surface area contributed by atoms with Crippen LogP contribution in [0.25, 0.3) is 41.1 Å². The second-order valence-electron chi connectivity index (χ2n) is 5.16. The molecular formula is C12H4N8O2S2. The highest BCUT2D eigenvalue weighted by Crippen LogP contribution is 2.43. The molecule has 6 heterocycles. The molecule has 0 radical (unpaired) electrons. The maximum atomic E-state index is 11.7. The molecule has 12 heteroatoms. The van der Waals surface area contributed by atoms with Gasteiger partial charge < -0.3 is 0 Å². The lowest BCUT2D eigenvalue weighted by molar-refractivity contribution is 0.807. The molecular weight excluding hydrogens is 352 g/mol. The lowest BCUT2D eigenvalue weighted by Crippen LogP contribution is -2.10. The first-order chi connectivity index (χ1) is 11.7. The molecule has 0 fully saturated rings. The summed E-state index contributed by atoms with van der Waals surface area (Å²) in [6.07, 6.45) is 2.52. The summed E-state index contributed by atoms with van der Waals surface area (Å²) in [5.74, 6) is 0. The minimum atomic E-state index is -0.255. The minimum absolute atomic E-state index is 0.255. The lowest BCUT2D eigenvalue weighted by atomic mass is 10.3. The Hall–Kier alpha value is -3.12. The quantitative estimate of drug-likeness (QED) is 0.413. The van der Waals surface area contributed by atoms with Gasteiger partial charge in [0, 0.05) is 0 Å². The maximum absolute atomic E-state index is 11.7. The number of imidazole rings is 2. The van der Waals surface area contributed by atoms with Crippen molar-refractivity contribution in [2.45, 2.75) is 0 Å². The van der Waals surface area contributed by atoms with Crippen molar-refractivity contribution in [1.29, 1.82) is 0 Å². The van der Waals surface area contributed by atoms with E-state index in [9.17, 15) is 9.59 Å². The van der Waals surface area contributed by atoms with E-state index in [4.69, 9.17) is 0 Å². The van der Waals surface area contributed by atoms with Crippen LogP contribution in [0.15, 0.2) is 22.0 Å². The van der Waals surface area contributed by atoms with E-state index in [1.54, 1.807) is 0 Å². The van der Waals surface area contributed by atoms with Crippen LogP contribution in [-0.4, -0.2) is 39.6 Å². The molecule has 0 saturated carbocycles. The Morgan fingerprint density at radius 3 is 1.83 bits per heavy atom. The maximum Gasteiger partial charge on any atom is 0.290 e. The number of rotatable bonds is 0. The molecule has 0 amide bonds. The summed E-state index contributed by atoms with van der Waals surface area (Å²) in [4.78, 5) is 31.8. The monoisotopic (exact) mass is 356 g/mol. The largest absolute Gasteiger partial charge is 0.290 e. The van der Waals surface area contributed by atoms with Crippen molar-refractivity contribution in [2.75, 3.05) is 0 Å². The fourth-order valence-corrected chi connectivity index (χ4v) is 5.43. The third-order valence-corrected chi connectivity index (χ3v) is 6.33. The fourth-order valence-electron chi connectivity index (χ4n) is 2.84. The summed E-state index contributed by atoms with van der Waals surface area (Å²) in [5, 5.41) is 14.9. The number of hydrogen-bond acceptors (Lipinski definition) is 8. The van der Waals surface area contributed by atoms with Crippen molar-refractivity contribution >= 4 is 63.8 Å². The molecule has 6 aromatic heterocycles. The number of thiophene rings is 2. The number of fused-ring (bicyclic) bond motifs is 9. The van der Waals surface area contributed by atoms with Crippen molar-refractivity contribution in [3.05, 3.63) is 33.1 Å². The van der Waals surface area contributed by atoms with Gasteiger partial charge in [0.1, 0.15) is 20.4 Å². The molecule has 0 unspecified atom stereocenters. The van der Waals surface area contributed by atoms with E-state index in [1.165, 1.54) is 44.1 Å². The van der Waals surface area contributed by atoms with Crippen LogP contribution in [0, 0.1) is 0 Å². The first-order valence-electron chi connectivity index (χ1n) is 6.75. The number of H-pyrrole nitrogens is 2. The zero-order chi connectivity index (χ0) is 16.0. The first-order valence-corrected chi connectivity index (χ1v) is 8.38. The van der Waals surface area contributed by atoms with Gasteiger partial charge in [-0.25, -0.2) is 20.4 Å². The number of aromatic amines is 2. The van der Waals surface area contributed by atoms with E-state index in [-0.39, 0.29) is 11.1 Å². The van der Waals surface area contributed by atoms with Crippen LogP contribution >= 0.6 is 22.7 Å². The van der Waals surface area contributed by atoms with Crippen LogP contribution in [0.2, 0.25) is 0 Å². The second-order valence-corrected chi connectivity index (χ2v) is 7.46. The lowest BCUT2D eigenvalue weighted by Gasteiger charge is -1.96. The Morgan fingerprint density at radius 1 is 0.833 bits per heavy atom. The Labute approximate surface area is 137 Å². The summed E-state index contributed by atoms with van der Waals surface area (Å²) in [6.45, 7) is 0. The third kappa shape index (κ3) is 1.27. The Morgan fingerprint density at radius 2 is 1.33 bits per heavy atom. The van der Waals surface area contributed by atoms with E-state index in [0.29, 0.717) is 22.3 Å². The van der Waals surface area contributed by atoms with Gasteiger partial charge in [0.05, 0.1) is 21.8 Å². The van der Waals surface area contributed by atoms with Crippen LogP contribution in [0.3, 0.4) is 0 Å². The molecule has 116 valence electrons. The standard InChI is InChI=1S/C12H4N8O2S2/c21-3-1-13-10-8-6(15-17-19(3)10)5-7-9(24-12(5)23-8)11-14-2-4(22)20(11)18-16-7/h1-2,17-18H. The summed E-state index contributed by atoms with van der Waals surface area (Å²) < 4.78 is 5.22. The molecule has 6 aromatic rings. The molecule has 0 aliphatic rings. The summed E-state index contributed by atoms with van der Waals surface area (Å²) in [5.41, 5.74) is 1.96. The van der Waals surface area contributed by atoms with E-state index in [0.717, 1.165) is 18.8 Å². The van der Waals surface area contributed by atoms with E-state index >= 15 is 0 Å². The van der Waals surface area contributed by atoms with E-state index < -0.39 is 0 Å². The molecule has 10 nitrogen and oxygen atoms in total. The third-order valence-electron chi connectivity index (χ3n) is 3.89. The van der Waals surface area contributed by atoms with Gasteiger partial charge >= 0.3 is 0 Å². The van der Waals surface area contributed by atoms with Crippen molar-refractivity contribution in [3.8, 4) is 0 Å². The van der Waals surface area contributed by atoms with Gasteiger partial charge in [-0.05, 0) is 0 Å². The van der Waals surface area contributed by atoms with Gasteiger partial charge in [0.25, 0.3) is 11.1 Å². The second kappa shape index (κ2) is 3.85. The fraction of sp³-hybridized carbons (Fsp3) is 0. The highest BCUT2D eigenvalue weighted by Gasteiger charge is 2.20. The van der Waals surface area contributed by atoms with Gasteiger partial charge in [-0.2, -0.15) is 19.2 Å². The molecule has 0 aliphatic carbocycles. The smallest absolute Gasteiger partial charge is 0.266 e. The molecule has 0 bridgehead atoms. The average molecular weight is 356 g/mol. The van der Waals surface area contributed by atoms with Gasteiger partial charge in [0.2, 0.25) is 0 Å². The van der Waals surface area contributed by atoms with E-state index in [1.807, 2.05) is 0 Å². The van der Waals surface area contributed by atoms with Crippen LogP contribution in [0.4, 0.5) is 0 Å². The van der Waals surface area contributed by atoms with Gasteiger partial charge in [0.15, 0.2) is 11.3 Å². The van der Waals surface area contributed by atoms with Crippen LogP contribution in [0.5, 0.6) is 0 Å². The normalized spacial score (nSPS) is 12.5. The highest BCUT2D eigenvalue weighted by molar-refractivity contribution is 7.45. The Kier molecular flexibility index (Phi) is 1.98. The first kappa shape index (κ1) is 12.3. The highest BCUT2D eigenvalue weighted by atomic mass is 32.2.